The topological polar surface area (TPSA) is 44.8 Å². The first-order chi connectivity index (χ1) is 13.4. The Labute approximate surface area is 163 Å². The number of hydrogen-bond acceptors (Lipinski definition) is 3. The molecule has 3 rings (SSSR count). The summed E-state index contributed by atoms with van der Waals surface area (Å²) in [5.41, 5.74) is 1.00. The lowest BCUT2D eigenvalue weighted by molar-refractivity contribution is -0.183. The fraction of sp³-hybridized carbons (Fsp3) is 0.650. The zero-order valence-electron chi connectivity index (χ0n) is 16.2. The van der Waals surface area contributed by atoms with Crippen molar-refractivity contribution < 1.29 is 22.7 Å². The number of urea groups is 1. The van der Waals surface area contributed by atoms with Crippen molar-refractivity contribution >= 4 is 11.7 Å². The minimum atomic E-state index is -4.18. The summed E-state index contributed by atoms with van der Waals surface area (Å²) in [7, 11) is 0. The van der Waals surface area contributed by atoms with Crippen molar-refractivity contribution in [3.8, 4) is 5.75 Å². The van der Waals surface area contributed by atoms with Crippen LogP contribution in [0, 0.1) is 5.92 Å². The Balaban J connectivity index is 1.52. The van der Waals surface area contributed by atoms with E-state index in [4.69, 9.17) is 4.74 Å². The van der Waals surface area contributed by atoms with Gasteiger partial charge in [-0.25, -0.2) is 4.79 Å². The number of halogens is 3. The molecule has 1 saturated carbocycles. The van der Waals surface area contributed by atoms with Gasteiger partial charge in [-0.3, -0.25) is 0 Å². The molecule has 0 aromatic heterocycles. The molecule has 1 aliphatic heterocycles. The fourth-order valence-electron chi connectivity index (χ4n) is 4.03. The summed E-state index contributed by atoms with van der Waals surface area (Å²) in [5, 5.41) is 2.82. The van der Waals surface area contributed by atoms with E-state index >= 15 is 0 Å². The lowest BCUT2D eigenvalue weighted by Gasteiger charge is -2.38. The molecule has 156 valence electrons. The molecule has 1 aromatic carbocycles. The smallest absolute Gasteiger partial charge is 0.391 e. The Morgan fingerprint density at radius 1 is 1.18 bits per heavy atom. The van der Waals surface area contributed by atoms with Gasteiger partial charge in [0.15, 0.2) is 0 Å². The van der Waals surface area contributed by atoms with Gasteiger partial charge in [-0.2, -0.15) is 13.2 Å². The van der Waals surface area contributed by atoms with Gasteiger partial charge in [0.2, 0.25) is 0 Å². The number of amides is 2. The van der Waals surface area contributed by atoms with Crippen molar-refractivity contribution in [1.29, 1.82) is 0 Å². The number of piperazine rings is 1. The number of carbonyl (C=O) groups is 1. The van der Waals surface area contributed by atoms with Gasteiger partial charge >= 0.3 is 12.2 Å². The highest BCUT2D eigenvalue weighted by molar-refractivity contribution is 5.75. The van der Waals surface area contributed by atoms with Crippen LogP contribution in [0.5, 0.6) is 5.75 Å². The third-order valence-electron chi connectivity index (χ3n) is 5.54. The summed E-state index contributed by atoms with van der Waals surface area (Å²) >= 11 is 0. The third kappa shape index (κ3) is 5.02. The number of anilines is 1. The predicted molar refractivity (Wildman–Crippen MR) is 102 cm³/mol. The van der Waals surface area contributed by atoms with E-state index in [1.807, 2.05) is 31.2 Å². The van der Waals surface area contributed by atoms with Crippen LogP contribution in [0.4, 0.5) is 23.7 Å². The summed E-state index contributed by atoms with van der Waals surface area (Å²) in [6, 6.07) is 7.15. The van der Waals surface area contributed by atoms with E-state index in [1.54, 1.807) is 4.90 Å². The Morgan fingerprint density at radius 3 is 2.57 bits per heavy atom. The normalized spacial score (nSPS) is 23.4. The van der Waals surface area contributed by atoms with E-state index in [2.05, 4.69) is 10.2 Å². The molecule has 8 heteroatoms. The van der Waals surface area contributed by atoms with Crippen LogP contribution in [0.1, 0.15) is 32.6 Å². The highest BCUT2D eigenvalue weighted by atomic mass is 19.4. The van der Waals surface area contributed by atoms with Gasteiger partial charge in [-0.05, 0) is 38.3 Å². The molecule has 1 saturated heterocycles. The number of ether oxygens (including phenoxy) is 1. The van der Waals surface area contributed by atoms with Gasteiger partial charge in [0.1, 0.15) is 5.75 Å². The zero-order valence-corrected chi connectivity index (χ0v) is 16.2. The van der Waals surface area contributed by atoms with Gasteiger partial charge in [0.25, 0.3) is 0 Å². The first-order valence-electron chi connectivity index (χ1n) is 9.97. The molecule has 0 radical (unpaired) electrons. The number of carbonyl (C=O) groups excluding carboxylic acids is 1. The summed E-state index contributed by atoms with van der Waals surface area (Å²) in [6.07, 6.45) is -2.93. The Morgan fingerprint density at radius 2 is 1.89 bits per heavy atom. The molecule has 28 heavy (non-hydrogen) atoms. The number of rotatable bonds is 4. The molecule has 2 fully saturated rings. The number of alkyl halides is 3. The minimum Gasteiger partial charge on any atom is -0.492 e. The maximum Gasteiger partial charge on any atom is 0.391 e. The second-order valence-electron chi connectivity index (χ2n) is 7.43. The van der Waals surface area contributed by atoms with Gasteiger partial charge in [-0.15, -0.1) is 0 Å². The molecule has 1 heterocycles. The molecule has 1 aromatic rings. The molecule has 1 N–H and O–H groups in total. The summed E-state index contributed by atoms with van der Waals surface area (Å²) < 4.78 is 44.6. The highest BCUT2D eigenvalue weighted by Gasteiger charge is 2.42. The maximum atomic E-state index is 13.0. The van der Waals surface area contributed by atoms with E-state index in [0.717, 1.165) is 11.4 Å². The summed E-state index contributed by atoms with van der Waals surface area (Å²) in [5.74, 6) is -0.484. The Hall–Kier alpha value is -2.12. The Kier molecular flexibility index (Phi) is 6.57. The lowest BCUT2D eigenvalue weighted by atomic mass is 9.85. The maximum absolute atomic E-state index is 13.0. The van der Waals surface area contributed by atoms with Crippen LogP contribution in [0.3, 0.4) is 0 Å². The largest absolute Gasteiger partial charge is 0.492 e. The van der Waals surface area contributed by atoms with Crippen molar-refractivity contribution in [2.45, 2.75) is 44.8 Å². The SMILES string of the molecule is CCOc1ccccc1N1CCN(C(=O)N[C@@H]2CCC[C@@H](C(F)(F)F)C2)CC1. The van der Waals surface area contributed by atoms with Crippen LogP contribution < -0.4 is 15.0 Å². The van der Waals surface area contributed by atoms with Gasteiger partial charge in [0, 0.05) is 32.2 Å². The molecule has 2 aliphatic rings. The average Bonchev–Trinajstić information content (AvgIpc) is 2.68. The zero-order chi connectivity index (χ0) is 20.1. The predicted octanol–water partition coefficient (Wildman–Crippen LogP) is 4.04. The van der Waals surface area contributed by atoms with Crippen LogP contribution in [0.15, 0.2) is 24.3 Å². The van der Waals surface area contributed by atoms with Crippen molar-refractivity contribution in [3.63, 3.8) is 0 Å². The first-order valence-corrected chi connectivity index (χ1v) is 9.97. The molecular weight excluding hydrogens is 371 g/mol. The molecule has 0 spiro atoms. The lowest BCUT2D eigenvalue weighted by Crippen LogP contribution is -2.54. The van der Waals surface area contributed by atoms with E-state index in [-0.39, 0.29) is 18.9 Å². The molecule has 0 unspecified atom stereocenters. The van der Waals surface area contributed by atoms with Gasteiger partial charge in [0.05, 0.1) is 18.2 Å². The van der Waals surface area contributed by atoms with E-state index in [1.165, 1.54) is 0 Å². The Bertz CT molecular complexity index is 660. The molecule has 0 bridgehead atoms. The van der Waals surface area contributed by atoms with Crippen LogP contribution >= 0.6 is 0 Å². The van der Waals surface area contributed by atoms with E-state index < -0.39 is 18.1 Å². The van der Waals surface area contributed by atoms with Crippen molar-refractivity contribution in [1.82, 2.24) is 10.2 Å². The number of hydrogen-bond donors (Lipinski definition) is 1. The van der Waals surface area contributed by atoms with Crippen LogP contribution in [-0.2, 0) is 0 Å². The van der Waals surface area contributed by atoms with Gasteiger partial charge < -0.3 is 19.9 Å². The average molecular weight is 399 g/mol. The van der Waals surface area contributed by atoms with Crippen LogP contribution in [-0.4, -0.2) is 55.9 Å². The number of nitrogens with zero attached hydrogens (tertiary/aromatic N) is 2. The molecule has 5 nitrogen and oxygen atoms in total. The van der Waals surface area contributed by atoms with Gasteiger partial charge in [-0.1, -0.05) is 18.6 Å². The standard InChI is InChI=1S/C20H28F3N3O2/c1-2-28-18-9-4-3-8-17(18)25-10-12-26(13-11-25)19(27)24-16-7-5-6-15(14-16)20(21,22)23/h3-4,8-9,15-16H,2,5-7,10-14H2,1H3,(H,24,27)/t15-,16-/m1/s1. The number of para-hydroxylation sites is 2. The van der Waals surface area contributed by atoms with Crippen molar-refractivity contribution in [3.05, 3.63) is 24.3 Å². The second kappa shape index (κ2) is 8.92. The summed E-state index contributed by atoms with van der Waals surface area (Å²) in [4.78, 5) is 16.4. The van der Waals surface area contributed by atoms with Crippen LogP contribution in [0.25, 0.3) is 0 Å². The quantitative estimate of drug-likeness (QED) is 0.831. The number of benzene rings is 1. The molecule has 2 atom stereocenters. The van der Waals surface area contributed by atoms with E-state index in [9.17, 15) is 18.0 Å². The van der Waals surface area contributed by atoms with Crippen LogP contribution in [0.2, 0.25) is 0 Å². The second-order valence-corrected chi connectivity index (χ2v) is 7.43. The van der Waals surface area contributed by atoms with Crippen molar-refractivity contribution in [2.24, 2.45) is 5.92 Å². The first kappa shape index (κ1) is 20.6. The van der Waals surface area contributed by atoms with Crippen molar-refractivity contribution in [2.75, 3.05) is 37.7 Å². The highest BCUT2D eigenvalue weighted by Crippen LogP contribution is 2.37. The monoisotopic (exact) mass is 399 g/mol. The number of nitrogens with one attached hydrogen (secondary N) is 1. The third-order valence-corrected chi connectivity index (χ3v) is 5.54. The minimum absolute atomic E-state index is 0.0169. The molecule has 1 aliphatic carbocycles. The summed E-state index contributed by atoms with van der Waals surface area (Å²) in [6.45, 7) is 4.90. The molecular formula is C20H28F3N3O2. The van der Waals surface area contributed by atoms with E-state index in [0.29, 0.717) is 45.6 Å². The molecule has 2 amide bonds. The fourth-order valence-corrected chi connectivity index (χ4v) is 4.03.